The number of hydrogen-bond donors (Lipinski definition) is 0. The zero-order valence-electron chi connectivity index (χ0n) is 20.0. The van der Waals surface area contributed by atoms with E-state index in [-0.39, 0.29) is 5.63 Å². The van der Waals surface area contributed by atoms with Gasteiger partial charge >= 0.3 is 5.63 Å². The molecule has 0 N–H and O–H groups in total. The highest BCUT2D eigenvalue weighted by Crippen LogP contribution is 2.34. The predicted molar refractivity (Wildman–Crippen MR) is 140 cm³/mol. The third kappa shape index (κ3) is 4.51. The summed E-state index contributed by atoms with van der Waals surface area (Å²) in [5.74, 6) is 1.32. The van der Waals surface area contributed by atoms with Crippen LogP contribution < -0.4 is 5.63 Å². The van der Waals surface area contributed by atoms with Crippen molar-refractivity contribution in [3.8, 4) is 17.1 Å². The van der Waals surface area contributed by atoms with Crippen molar-refractivity contribution in [1.82, 2.24) is 19.7 Å². The van der Waals surface area contributed by atoms with E-state index in [1.165, 1.54) is 11.1 Å². The number of thioether (sulfide) groups is 1. The van der Waals surface area contributed by atoms with E-state index >= 15 is 0 Å². The van der Waals surface area contributed by atoms with E-state index in [0.29, 0.717) is 11.3 Å². The average Bonchev–Trinajstić information content (AvgIpc) is 3.30. The van der Waals surface area contributed by atoms with Crippen molar-refractivity contribution in [3.63, 3.8) is 0 Å². The highest BCUT2D eigenvalue weighted by molar-refractivity contribution is 7.98. The quantitative estimate of drug-likeness (QED) is 0.204. The minimum atomic E-state index is -0.346. The topological polar surface area (TPSA) is 73.8 Å². The number of benzene rings is 2. The van der Waals surface area contributed by atoms with E-state index in [1.807, 2.05) is 43.5 Å². The van der Waals surface area contributed by atoms with Crippen molar-refractivity contribution in [2.24, 2.45) is 0 Å². The predicted octanol–water partition coefficient (Wildman–Crippen LogP) is 6.16. The van der Waals surface area contributed by atoms with Crippen LogP contribution in [0.5, 0.6) is 0 Å². The van der Waals surface area contributed by atoms with Gasteiger partial charge in [0.25, 0.3) is 0 Å². The van der Waals surface area contributed by atoms with Gasteiger partial charge in [0.15, 0.2) is 11.0 Å². The van der Waals surface area contributed by atoms with E-state index < -0.39 is 0 Å². The Balaban J connectivity index is 1.64. The Morgan fingerprint density at radius 3 is 2.46 bits per heavy atom. The molecular formula is C28H26N4O2S. The van der Waals surface area contributed by atoms with Crippen LogP contribution in [0.1, 0.15) is 36.1 Å². The molecule has 0 aliphatic carbocycles. The number of fused-ring (bicyclic) bond motifs is 1. The molecular weight excluding hydrogens is 456 g/mol. The highest BCUT2D eigenvalue weighted by atomic mass is 32.2. The van der Waals surface area contributed by atoms with E-state index in [9.17, 15) is 4.79 Å². The number of pyridine rings is 1. The largest absolute Gasteiger partial charge is 0.423 e. The average molecular weight is 483 g/mol. The molecule has 0 saturated heterocycles. The fraction of sp³-hybridized carbons (Fsp3) is 0.214. The molecule has 35 heavy (non-hydrogen) atoms. The zero-order chi connectivity index (χ0) is 24.4. The number of nitrogens with zero attached hydrogens (tertiary/aromatic N) is 4. The molecule has 0 bridgehead atoms. The second-order valence-corrected chi connectivity index (χ2v) is 9.34. The molecule has 0 fully saturated rings. The van der Waals surface area contributed by atoms with Gasteiger partial charge in [-0.2, -0.15) is 0 Å². The van der Waals surface area contributed by atoms with Crippen LogP contribution in [-0.4, -0.2) is 19.7 Å². The first kappa shape index (κ1) is 23.1. The van der Waals surface area contributed by atoms with Gasteiger partial charge in [0.1, 0.15) is 5.58 Å². The maximum Gasteiger partial charge on any atom is 0.336 e. The van der Waals surface area contributed by atoms with Gasteiger partial charge in [-0.15, -0.1) is 10.2 Å². The number of aryl methyl sites for hydroxylation is 3. The Bertz CT molecular complexity index is 1530. The molecule has 0 amide bonds. The molecule has 6 nitrogen and oxygen atoms in total. The summed E-state index contributed by atoms with van der Waals surface area (Å²) >= 11 is 1.56. The molecule has 0 aliphatic heterocycles. The first-order valence-corrected chi connectivity index (χ1v) is 12.7. The number of aromatic nitrogens is 4. The van der Waals surface area contributed by atoms with Gasteiger partial charge in [-0.25, -0.2) is 4.79 Å². The van der Waals surface area contributed by atoms with Crippen LogP contribution in [0.15, 0.2) is 81.4 Å². The molecule has 5 aromatic rings. The van der Waals surface area contributed by atoms with E-state index in [0.717, 1.165) is 51.6 Å². The fourth-order valence-corrected chi connectivity index (χ4v) is 5.28. The molecule has 3 heterocycles. The first-order chi connectivity index (χ1) is 17.1. The normalized spacial score (nSPS) is 11.3. The minimum Gasteiger partial charge on any atom is -0.423 e. The second-order valence-electron chi connectivity index (χ2n) is 8.39. The van der Waals surface area contributed by atoms with Crippen LogP contribution in [-0.2, 0) is 18.6 Å². The van der Waals surface area contributed by atoms with Crippen LogP contribution in [0.25, 0.3) is 28.0 Å². The summed E-state index contributed by atoms with van der Waals surface area (Å²) in [4.78, 5) is 16.6. The maximum atomic E-state index is 12.3. The standard InChI is InChI=1S/C28H26N4O2S/c1-4-19-8-6-9-20(5-2)26(19)32-27(21-10-7-13-29-16-21)30-31-28(32)35-17-22-15-25(33)34-24-14-18(3)11-12-23(22)24/h6-16H,4-5,17H2,1-3H3. The van der Waals surface area contributed by atoms with Crippen molar-refractivity contribution in [3.05, 3.63) is 99.7 Å². The van der Waals surface area contributed by atoms with Gasteiger partial charge in [-0.05, 0) is 60.2 Å². The molecule has 0 atom stereocenters. The van der Waals surface area contributed by atoms with E-state index in [4.69, 9.17) is 4.42 Å². The molecule has 7 heteroatoms. The first-order valence-electron chi connectivity index (χ1n) is 11.7. The Morgan fingerprint density at radius 1 is 0.943 bits per heavy atom. The monoisotopic (exact) mass is 482 g/mol. The smallest absolute Gasteiger partial charge is 0.336 e. The Kier molecular flexibility index (Phi) is 6.51. The lowest BCUT2D eigenvalue weighted by molar-refractivity contribution is 0.559. The molecule has 3 aromatic heterocycles. The Morgan fingerprint density at radius 2 is 1.74 bits per heavy atom. The molecule has 5 rings (SSSR count). The zero-order valence-corrected chi connectivity index (χ0v) is 20.8. The van der Waals surface area contributed by atoms with Crippen molar-refractivity contribution in [2.75, 3.05) is 0 Å². The molecule has 176 valence electrons. The third-order valence-corrected chi connectivity index (χ3v) is 7.06. The molecule has 0 saturated carbocycles. The highest BCUT2D eigenvalue weighted by Gasteiger charge is 2.21. The van der Waals surface area contributed by atoms with Crippen molar-refractivity contribution in [2.45, 2.75) is 44.5 Å². The van der Waals surface area contributed by atoms with Gasteiger partial charge in [-0.3, -0.25) is 9.55 Å². The maximum absolute atomic E-state index is 12.3. The lowest BCUT2D eigenvalue weighted by Gasteiger charge is -2.18. The molecule has 0 aliphatic rings. The summed E-state index contributed by atoms with van der Waals surface area (Å²) in [5.41, 5.74) is 6.72. The van der Waals surface area contributed by atoms with Crippen molar-refractivity contribution >= 4 is 22.7 Å². The Hall–Kier alpha value is -3.71. The van der Waals surface area contributed by atoms with E-state index in [1.54, 1.807) is 24.0 Å². The van der Waals surface area contributed by atoms with Crippen LogP contribution >= 0.6 is 11.8 Å². The van der Waals surface area contributed by atoms with Crippen LogP contribution in [0.2, 0.25) is 0 Å². The van der Waals surface area contributed by atoms with Crippen molar-refractivity contribution < 1.29 is 4.42 Å². The Labute approximate surface area is 208 Å². The van der Waals surface area contributed by atoms with Gasteiger partial charge in [0.2, 0.25) is 0 Å². The van der Waals surface area contributed by atoms with Gasteiger partial charge < -0.3 is 4.42 Å². The summed E-state index contributed by atoms with van der Waals surface area (Å²) in [6, 6.07) is 17.9. The summed E-state index contributed by atoms with van der Waals surface area (Å²) in [7, 11) is 0. The van der Waals surface area contributed by atoms with Gasteiger partial charge in [-0.1, -0.05) is 55.9 Å². The summed E-state index contributed by atoms with van der Waals surface area (Å²) in [6.07, 6.45) is 5.35. The summed E-state index contributed by atoms with van der Waals surface area (Å²) in [6.45, 7) is 6.31. The molecule has 0 radical (unpaired) electrons. The number of rotatable bonds is 7. The summed E-state index contributed by atoms with van der Waals surface area (Å²) in [5, 5.41) is 10.9. The van der Waals surface area contributed by atoms with Crippen LogP contribution in [0, 0.1) is 6.92 Å². The molecule has 0 spiro atoms. The lowest BCUT2D eigenvalue weighted by atomic mass is 10.0. The molecule has 2 aromatic carbocycles. The minimum absolute atomic E-state index is 0.346. The summed E-state index contributed by atoms with van der Waals surface area (Å²) < 4.78 is 7.60. The molecule has 0 unspecified atom stereocenters. The third-order valence-electron chi connectivity index (χ3n) is 6.08. The lowest BCUT2D eigenvalue weighted by Crippen LogP contribution is -2.07. The van der Waals surface area contributed by atoms with E-state index in [2.05, 4.69) is 51.8 Å². The van der Waals surface area contributed by atoms with Gasteiger partial charge in [0.05, 0.1) is 5.69 Å². The van der Waals surface area contributed by atoms with Gasteiger partial charge in [0, 0.05) is 35.2 Å². The fourth-order valence-electron chi connectivity index (χ4n) is 4.35. The van der Waals surface area contributed by atoms with Crippen molar-refractivity contribution in [1.29, 1.82) is 0 Å². The van der Waals surface area contributed by atoms with Crippen LogP contribution in [0.3, 0.4) is 0 Å². The SMILES string of the molecule is CCc1cccc(CC)c1-n1c(SCc2cc(=O)oc3cc(C)ccc23)nnc1-c1cccnc1. The van der Waals surface area contributed by atoms with Crippen LogP contribution in [0.4, 0.5) is 0 Å². The number of hydrogen-bond acceptors (Lipinski definition) is 6. The number of para-hydroxylation sites is 1. The second kappa shape index (κ2) is 9.88.